The number of primary amides is 1. The first-order valence-corrected chi connectivity index (χ1v) is 6.59. The number of hydrogen-bond acceptors (Lipinski definition) is 2. The van der Waals surface area contributed by atoms with E-state index in [4.69, 9.17) is 17.3 Å². The molecule has 0 bridgehead atoms. The number of aromatic amines is 1. The van der Waals surface area contributed by atoms with Gasteiger partial charge in [0.25, 0.3) is 0 Å². The van der Waals surface area contributed by atoms with Crippen molar-refractivity contribution >= 4 is 28.4 Å². The lowest BCUT2D eigenvalue weighted by molar-refractivity contribution is 0.0999. The van der Waals surface area contributed by atoms with Crippen molar-refractivity contribution in [3.8, 4) is 11.3 Å². The molecule has 0 aliphatic carbocycles. The van der Waals surface area contributed by atoms with Gasteiger partial charge in [0.05, 0.1) is 5.69 Å². The average molecular weight is 304 g/mol. The van der Waals surface area contributed by atoms with Gasteiger partial charge in [-0.1, -0.05) is 11.6 Å². The third-order valence-electron chi connectivity index (χ3n) is 3.40. The van der Waals surface area contributed by atoms with E-state index in [2.05, 4.69) is 9.97 Å². The summed E-state index contributed by atoms with van der Waals surface area (Å²) in [6, 6.07) is 6.26. The molecule has 0 spiro atoms. The Morgan fingerprint density at radius 2 is 2.14 bits per heavy atom. The third-order valence-corrected chi connectivity index (χ3v) is 3.60. The maximum Gasteiger partial charge on any atom is 0.249 e. The first-order valence-electron chi connectivity index (χ1n) is 6.21. The molecule has 6 heteroatoms. The molecule has 0 aliphatic heterocycles. The Labute approximate surface area is 124 Å². The van der Waals surface area contributed by atoms with E-state index in [1.807, 2.05) is 6.07 Å². The van der Waals surface area contributed by atoms with E-state index < -0.39 is 11.7 Å². The number of nitrogens with zero attached hydrogens (tertiary/aromatic N) is 1. The van der Waals surface area contributed by atoms with Crippen LogP contribution in [0.1, 0.15) is 15.9 Å². The standard InChI is InChI=1S/C15H11ClFN3O/c1-7-9(15(18)21)5-13(16)20-14(7)10-4-8-2-3-19-12(8)6-11(10)17/h2-6,19H,1H3,(H2,18,21). The molecule has 3 N–H and O–H groups in total. The number of halogens is 2. The fourth-order valence-electron chi connectivity index (χ4n) is 2.35. The molecule has 3 rings (SSSR count). The lowest BCUT2D eigenvalue weighted by atomic mass is 10.0. The Bertz CT molecular complexity index is 873. The van der Waals surface area contributed by atoms with Gasteiger partial charge >= 0.3 is 0 Å². The second-order valence-electron chi connectivity index (χ2n) is 4.73. The van der Waals surface area contributed by atoms with Crippen molar-refractivity contribution in [1.29, 1.82) is 0 Å². The van der Waals surface area contributed by atoms with Gasteiger partial charge in [0.1, 0.15) is 11.0 Å². The van der Waals surface area contributed by atoms with E-state index in [-0.39, 0.29) is 16.3 Å². The minimum Gasteiger partial charge on any atom is -0.366 e. The molecule has 1 amide bonds. The van der Waals surface area contributed by atoms with E-state index in [1.54, 1.807) is 19.2 Å². The maximum absolute atomic E-state index is 14.3. The monoisotopic (exact) mass is 303 g/mol. The number of H-pyrrole nitrogens is 1. The Morgan fingerprint density at radius 1 is 1.38 bits per heavy atom. The lowest BCUT2D eigenvalue weighted by Crippen LogP contribution is -2.14. The van der Waals surface area contributed by atoms with Crippen LogP contribution in [0.3, 0.4) is 0 Å². The van der Waals surface area contributed by atoms with Crippen LogP contribution < -0.4 is 5.73 Å². The zero-order valence-electron chi connectivity index (χ0n) is 11.1. The third kappa shape index (κ3) is 2.25. The molecule has 2 heterocycles. The van der Waals surface area contributed by atoms with Gasteiger partial charge in [-0.2, -0.15) is 0 Å². The number of rotatable bonds is 2. The van der Waals surface area contributed by atoms with E-state index >= 15 is 0 Å². The summed E-state index contributed by atoms with van der Waals surface area (Å²) < 4.78 is 14.3. The zero-order chi connectivity index (χ0) is 15.1. The molecule has 106 valence electrons. The van der Waals surface area contributed by atoms with Crippen LogP contribution in [0, 0.1) is 12.7 Å². The van der Waals surface area contributed by atoms with Crippen molar-refractivity contribution < 1.29 is 9.18 Å². The molecule has 3 aromatic rings. The maximum atomic E-state index is 14.3. The molecule has 0 atom stereocenters. The number of pyridine rings is 1. The minimum absolute atomic E-state index is 0.0953. The first kappa shape index (κ1) is 13.6. The molecular weight excluding hydrogens is 293 g/mol. The number of fused-ring (bicyclic) bond motifs is 1. The number of aromatic nitrogens is 2. The number of hydrogen-bond donors (Lipinski definition) is 2. The SMILES string of the molecule is Cc1c(C(N)=O)cc(Cl)nc1-c1cc2cc[nH]c2cc1F. The highest BCUT2D eigenvalue weighted by atomic mass is 35.5. The first-order chi connectivity index (χ1) is 9.97. The van der Waals surface area contributed by atoms with Crippen LogP contribution >= 0.6 is 11.6 Å². The highest BCUT2D eigenvalue weighted by Crippen LogP contribution is 2.31. The summed E-state index contributed by atoms with van der Waals surface area (Å²) in [4.78, 5) is 18.5. The molecular formula is C15H11ClFN3O. The number of carbonyl (C=O) groups excluding carboxylic acids is 1. The fourth-order valence-corrected chi connectivity index (χ4v) is 2.55. The number of nitrogens with one attached hydrogen (secondary N) is 1. The van der Waals surface area contributed by atoms with E-state index in [1.165, 1.54) is 12.1 Å². The number of benzene rings is 1. The smallest absolute Gasteiger partial charge is 0.249 e. The largest absolute Gasteiger partial charge is 0.366 e. The van der Waals surface area contributed by atoms with Gasteiger partial charge < -0.3 is 10.7 Å². The molecule has 4 nitrogen and oxygen atoms in total. The van der Waals surface area contributed by atoms with Crippen molar-refractivity contribution in [3.05, 3.63) is 52.6 Å². The lowest BCUT2D eigenvalue weighted by Gasteiger charge is -2.10. The van der Waals surface area contributed by atoms with Gasteiger partial charge in [-0.05, 0) is 36.8 Å². The second kappa shape index (κ2) is 4.86. The summed E-state index contributed by atoms with van der Waals surface area (Å²) in [5.74, 6) is -1.07. The topological polar surface area (TPSA) is 71.8 Å². The quantitative estimate of drug-likeness (QED) is 0.712. The van der Waals surface area contributed by atoms with E-state index in [0.29, 0.717) is 16.8 Å². The van der Waals surface area contributed by atoms with Crippen LogP contribution in [0.5, 0.6) is 0 Å². The fraction of sp³-hybridized carbons (Fsp3) is 0.0667. The van der Waals surface area contributed by atoms with Crippen molar-refractivity contribution in [2.75, 3.05) is 0 Å². The Morgan fingerprint density at radius 3 is 2.86 bits per heavy atom. The van der Waals surface area contributed by atoms with Crippen molar-refractivity contribution in [2.24, 2.45) is 5.73 Å². The summed E-state index contributed by atoms with van der Waals surface area (Å²) in [6.45, 7) is 1.67. The predicted molar refractivity (Wildman–Crippen MR) is 79.8 cm³/mol. The molecule has 0 aliphatic rings. The summed E-state index contributed by atoms with van der Waals surface area (Å²) in [7, 11) is 0. The molecule has 0 radical (unpaired) electrons. The van der Waals surface area contributed by atoms with Crippen molar-refractivity contribution in [1.82, 2.24) is 9.97 Å². The number of nitrogens with two attached hydrogens (primary N) is 1. The predicted octanol–water partition coefficient (Wildman–Crippen LogP) is 3.43. The van der Waals surface area contributed by atoms with Crippen LogP contribution in [0.15, 0.2) is 30.5 Å². The summed E-state index contributed by atoms with van der Waals surface area (Å²) in [5, 5.41) is 0.936. The van der Waals surface area contributed by atoms with Gasteiger partial charge in [0.15, 0.2) is 0 Å². The number of carbonyl (C=O) groups is 1. The Kier molecular flexibility index (Phi) is 3.14. The highest BCUT2D eigenvalue weighted by molar-refractivity contribution is 6.30. The summed E-state index contributed by atoms with van der Waals surface area (Å²) in [6.07, 6.45) is 1.72. The minimum atomic E-state index is -0.624. The Hall–Kier alpha value is -2.40. The van der Waals surface area contributed by atoms with Gasteiger partial charge in [-0.3, -0.25) is 4.79 Å². The molecule has 0 saturated carbocycles. The molecule has 0 unspecified atom stereocenters. The molecule has 1 aromatic carbocycles. The molecule has 2 aromatic heterocycles. The van der Waals surface area contributed by atoms with Gasteiger partial charge in [-0.15, -0.1) is 0 Å². The number of amides is 1. The van der Waals surface area contributed by atoms with E-state index in [9.17, 15) is 9.18 Å². The molecule has 0 fully saturated rings. The molecule has 21 heavy (non-hydrogen) atoms. The highest BCUT2D eigenvalue weighted by Gasteiger charge is 2.17. The normalized spacial score (nSPS) is 11.0. The van der Waals surface area contributed by atoms with Gasteiger partial charge in [-0.25, -0.2) is 9.37 Å². The van der Waals surface area contributed by atoms with Crippen LogP contribution in [-0.4, -0.2) is 15.9 Å². The molecule has 0 saturated heterocycles. The van der Waals surface area contributed by atoms with Gasteiger partial charge in [0.2, 0.25) is 5.91 Å². The van der Waals surface area contributed by atoms with Crippen LogP contribution in [0.25, 0.3) is 22.2 Å². The van der Waals surface area contributed by atoms with E-state index in [0.717, 1.165) is 5.39 Å². The van der Waals surface area contributed by atoms with Crippen molar-refractivity contribution in [2.45, 2.75) is 6.92 Å². The zero-order valence-corrected chi connectivity index (χ0v) is 11.8. The van der Waals surface area contributed by atoms with Crippen molar-refractivity contribution in [3.63, 3.8) is 0 Å². The van der Waals surface area contributed by atoms with Crippen LogP contribution in [0.2, 0.25) is 5.15 Å². The van der Waals surface area contributed by atoms with Crippen LogP contribution in [-0.2, 0) is 0 Å². The van der Waals surface area contributed by atoms with Crippen LogP contribution in [0.4, 0.5) is 4.39 Å². The second-order valence-corrected chi connectivity index (χ2v) is 5.11. The summed E-state index contributed by atoms with van der Waals surface area (Å²) >= 11 is 5.92. The average Bonchev–Trinajstić information content (AvgIpc) is 2.87. The van der Waals surface area contributed by atoms with Gasteiger partial charge in [0, 0.05) is 28.2 Å². The summed E-state index contributed by atoms with van der Waals surface area (Å²) in [5.41, 5.74) is 7.34. The Balaban J connectivity index is 2.31.